The summed E-state index contributed by atoms with van der Waals surface area (Å²) in [6.07, 6.45) is -14.7. The Bertz CT molecular complexity index is 1630. The maximum absolute atomic E-state index is 13.5. The predicted molar refractivity (Wildman–Crippen MR) is 172 cm³/mol. The third-order valence-electron chi connectivity index (χ3n) is 8.07. The first kappa shape index (κ1) is 41.4. The number of hydrogen-bond acceptors (Lipinski definition) is 8. The highest BCUT2D eigenvalue weighted by Gasteiger charge is 2.65. The molecule has 1 aliphatic rings. The number of hydrogen-bond donors (Lipinski definition) is 6. The molecule has 2 unspecified atom stereocenters. The van der Waals surface area contributed by atoms with Crippen molar-refractivity contribution in [3.05, 3.63) is 71.3 Å². The van der Waals surface area contributed by atoms with E-state index in [0.29, 0.717) is 5.56 Å². The minimum Gasteiger partial charge on any atom is -0.382 e. The Hall–Kier alpha value is -5.07. The summed E-state index contributed by atoms with van der Waals surface area (Å²) in [6.45, 7) is 4.34. The molecule has 3 rings (SSSR count). The monoisotopic (exact) mass is 743 g/mol. The molecule has 0 aliphatic carbocycles. The number of primary amides is 1. The van der Waals surface area contributed by atoms with E-state index in [2.05, 4.69) is 26.2 Å². The van der Waals surface area contributed by atoms with E-state index < -0.39 is 103 Å². The maximum atomic E-state index is 13.5. The molecule has 0 radical (unpaired) electrons. The van der Waals surface area contributed by atoms with Crippen LogP contribution in [0.3, 0.4) is 0 Å². The Morgan fingerprint density at radius 3 is 1.96 bits per heavy atom. The molecule has 0 bridgehead atoms. The van der Waals surface area contributed by atoms with E-state index in [0.717, 1.165) is 13.0 Å². The fourth-order valence-corrected chi connectivity index (χ4v) is 5.13. The minimum atomic E-state index is -5.15. The number of aliphatic hydroxyl groups is 1. The fraction of sp³-hybridized carbons (Fsp3) is 0.485. The van der Waals surface area contributed by atoms with Gasteiger partial charge in [-0.15, -0.1) is 10.2 Å². The number of benzene rings is 2. The van der Waals surface area contributed by atoms with E-state index in [-0.39, 0.29) is 17.5 Å². The third-order valence-corrected chi connectivity index (χ3v) is 8.07. The van der Waals surface area contributed by atoms with Crippen molar-refractivity contribution in [2.75, 3.05) is 0 Å². The Balaban J connectivity index is 1.73. The van der Waals surface area contributed by atoms with Gasteiger partial charge in [-0.3, -0.25) is 24.0 Å². The van der Waals surface area contributed by atoms with Crippen LogP contribution in [0.2, 0.25) is 0 Å². The van der Waals surface area contributed by atoms with Crippen molar-refractivity contribution >= 4 is 29.5 Å². The SMILES string of the molecule is CC(C)[C@H](NC(=O)Cc1cccc(C2(C(F)(F)F)N=N2)c1)C(=O)N[C@@H](Cc1ccccc1)C(=O)N[C@@H](C)C(=O)NC(CCC(N)=O)C(O)C(F)(F)F. The average Bonchev–Trinajstić information content (AvgIpc) is 3.87. The van der Waals surface area contributed by atoms with Crippen molar-refractivity contribution in [2.45, 2.75) is 94.7 Å². The number of rotatable bonds is 17. The number of carbonyl (C=O) groups is 5. The molecule has 1 heterocycles. The van der Waals surface area contributed by atoms with Crippen molar-refractivity contribution in [2.24, 2.45) is 21.9 Å². The van der Waals surface area contributed by atoms with Gasteiger partial charge in [0.25, 0.3) is 0 Å². The van der Waals surface area contributed by atoms with E-state index >= 15 is 0 Å². The van der Waals surface area contributed by atoms with Crippen LogP contribution < -0.4 is 27.0 Å². The van der Waals surface area contributed by atoms with Gasteiger partial charge in [-0.25, -0.2) is 0 Å². The number of alkyl halides is 6. The van der Waals surface area contributed by atoms with Gasteiger partial charge in [-0.1, -0.05) is 68.4 Å². The first-order valence-electron chi connectivity index (χ1n) is 16.0. The van der Waals surface area contributed by atoms with Crippen molar-refractivity contribution in [1.82, 2.24) is 21.3 Å². The van der Waals surface area contributed by atoms with Crippen molar-refractivity contribution in [1.29, 1.82) is 0 Å². The van der Waals surface area contributed by atoms with E-state index in [9.17, 15) is 55.4 Å². The molecule has 0 spiro atoms. The molecular weight excluding hydrogens is 704 g/mol. The minimum absolute atomic E-state index is 0.122. The first-order valence-corrected chi connectivity index (χ1v) is 16.0. The van der Waals surface area contributed by atoms with Gasteiger partial charge in [0.15, 0.2) is 6.10 Å². The molecule has 5 amide bonds. The zero-order chi connectivity index (χ0) is 39.0. The molecule has 19 heteroatoms. The molecule has 7 N–H and O–H groups in total. The molecular formula is C33H39F6N7O6. The van der Waals surface area contributed by atoms with Crippen LogP contribution in [0.1, 0.15) is 50.3 Å². The standard InChI is InChI=1S/C33H39F6N7O6/c1-17(2)26(44-25(48)16-20-10-7-11-21(14-20)31(45-46-31)33(37,38)39)30(52)43-23(15-19-8-5-4-6-9-19)29(51)41-18(3)28(50)42-22(12-13-24(40)47)27(49)32(34,35)36/h4-11,14,17-18,22-23,26-27,49H,12-13,15-16H2,1-3H3,(H2,40,47)(H,41,51)(H,42,50)(H,43,52)(H,44,48)/t18-,22?,23-,26-,27?/m0/s1. The van der Waals surface area contributed by atoms with Crippen LogP contribution >= 0.6 is 0 Å². The van der Waals surface area contributed by atoms with Crippen molar-refractivity contribution < 1.29 is 55.4 Å². The van der Waals surface area contributed by atoms with Gasteiger partial charge in [0.05, 0.1) is 12.5 Å². The summed E-state index contributed by atoms with van der Waals surface area (Å²) in [5.74, 6) is -5.15. The molecule has 5 atom stereocenters. The Labute approximate surface area is 294 Å². The lowest BCUT2D eigenvalue weighted by Gasteiger charge is -2.28. The Morgan fingerprint density at radius 2 is 1.42 bits per heavy atom. The van der Waals surface area contributed by atoms with Crippen LogP contribution in [0.5, 0.6) is 0 Å². The van der Waals surface area contributed by atoms with Gasteiger partial charge in [0.1, 0.15) is 18.1 Å². The lowest BCUT2D eigenvalue weighted by Crippen LogP contribution is -2.59. The number of nitrogens with zero attached hydrogens (tertiary/aromatic N) is 2. The maximum Gasteiger partial charge on any atom is 0.442 e. The molecule has 284 valence electrons. The van der Waals surface area contributed by atoms with E-state index in [4.69, 9.17) is 5.73 Å². The predicted octanol–water partition coefficient (Wildman–Crippen LogP) is 2.46. The van der Waals surface area contributed by atoms with E-state index in [1.54, 1.807) is 44.2 Å². The summed E-state index contributed by atoms with van der Waals surface area (Å²) < 4.78 is 80.1. The molecule has 0 saturated carbocycles. The number of nitrogens with one attached hydrogen (secondary N) is 4. The molecule has 0 fully saturated rings. The number of carbonyl (C=O) groups excluding carboxylic acids is 5. The zero-order valence-electron chi connectivity index (χ0n) is 28.2. The van der Waals surface area contributed by atoms with Crippen LogP contribution in [0.15, 0.2) is 64.8 Å². The number of amides is 5. The quantitative estimate of drug-likeness (QED) is 0.134. The smallest absolute Gasteiger partial charge is 0.382 e. The van der Waals surface area contributed by atoms with Gasteiger partial charge < -0.3 is 32.1 Å². The molecule has 2 aromatic rings. The summed E-state index contributed by atoms with van der Waals surface area (Å²) in [5.41, 5.74) is 2.79. The molecule has 13 nitrogen and oxygen atoms in total. The first-order chi connectivity index (χ1) is 24.1. The topological polar surface area (TPSA) is 204 Å². The summed E-state index contributed by atoms with van der Waals surface area (Å²) >= 11 is 0. The lowest BCUT2D eigenvalue weighted by molar-refractivity contribution is -0.212. The normalized spacial score (nSPS) is 16.5. The van der Waals surface area contributed by atoms with E-state index in [1.807, 2.05) is 5.32 Å². The highest BCUT2D eigenvalue weighted by molar-refractivity contribution is 5.94. The second-order valence-electron chi connectivity index (χ2n) is 12.6. The summed E-state index contributed by atoms with van der Waals surface area (Å²) in [7, 11) is 0. The van der Waals surface area contributed by atoms with Crippen LogP contribution in [-0.4, -0.2) is 77.3 Å². The lowest BCUT2D eigenvalue weighted by atomic mass is 9.98. The van der Waals surface area contributed by atoms with E-state index in [1.165, 1.54) is 18.2 Å². The summed E-state index contributed by atoms with van der Waals surface area (Å²) in [4.78, 5) is 64.0. The summed E-state index contributed by atoms with van der Waals surface area (Å²) in [5, 5.41) is 25.4. The molecule has 0 saturated heterocycles. The number of nitrogens with two attached hydrogens (primary N) is 1. The molecule has 1 aliphatic heterocycles. The van der Waals surface area contributed by atoms with Gasteiger partial charge in [0.2, 0.25) is 29.5 Å². The van der Waals surface area contributed by atoms with Crippen LogP contribution in [0.25, 0.3) is 0 Å². The number of halogens is 6. The largest absolute Gasteiger partial charge is 0.442 e. The van der Waals surface area contributed by atoms with Gasteiger partial charge in [-0.2, -0.15) is 26.3 Å². The van der Waals surface area contributed by atoms with Crippen LogP contribution in [0, 0.1) is 5.92 Å². The molecule has 52 heavy (non-hydrogen) atoms. The van der Waals surface area contributed by atoms with Crippen LogP contribution in [0.4, 0.5) is 26.3 Å². The zero-order valence-corrected chi connectivity index (χ0v) is 28.2. The molecule has 0 aromatic heterocycles. The molecule has 2 aromatic carbocycles. The van der Waals surface area contributed by atoms with Gasteiger partial charge in [0, 0.05) is 18.4 Å². The third kappa shape index (κ3) is 11.2. The average molecular weight is 744 g/mol. The highest BCUT2D eigenvalue weighted by atomic mass is 19.4. The Morgan fingerprint density at radius 1 is 0.808 bits per heavy atom. The Kier molecular flexibility index (Phi) is 13.5. The fourth-order valence-electron chi connectivity index (χ4n) is 5.13. The van der Waals surface area contributed by atoms with Gasteiger partial charge >= 0.3 is 18.0 Å². The van der Waals surface area contributed by atoms with Gasteiger partial charge in [-0.05, 0) is 30.4 Å². The van der Waals surface area contributed by atoms with Crippen molar-refractivity contribution in [3.63, 3.8) is 0 Å². The van der Waals surface area contributed by atoms with Crippen molar-refractivity contribution in [3.8, 4) is 0 Å². The number of aliphatic hydroxyl groups excluding tert-OH is 1. The van der Waals surface area contributed by atoms with Crippen LogP contribution in [-0.2, 0) is 42.5 Å². The second kappa shape index (κ2) is 17.0. The second-order valence-corrected chi connectivity index (χ2v) is 12.6. The summed E-state index contributed by atoms with van der Waals surface area (Å²) in [6, 6.07) is 7.27. The highest BCUT2D eigenvalue weighted by Crippen LogP contribution is 2.52.